The lowest BCUT2D eigenvalue weighted by Crippen LogP contribution is -2.82. The molecule has 0 fully saturated rings. The molecule has 0 aliphatic heterocycles. The molecule has 0 amide bonds. The quantitative estimate of drug-likeness (QED) is 0.154. The summed E-state index contributed by atoms with van der Waals surface area (Å²) in [6.07, 6.45) is -42.0. The third-order valence-corrected chi connectivity index (χ3v) is 7.69. The van der Waals surface area contributed by atoms with Gasteiger partial charge in [-0.3, -0.25) is 0 Å². The van der Waals surface area contributed by atoms with E-state index in [2.05, 4.69) is 0 Å². The van der Waals surface area contributed by atoms with E-state index in [-0.39, 0.29) is 0 Å². The highest BCUT2D eigenvalue weighted by Gasteiger charge is 3.00. The van der Waals surface area contributed by atoms with Gasteiger partial charge in [-0.05, 0) is 0 Å². The minimum atomic E-state index is -11.8. The van der Waals surface area contributed by atoms with Crippen LogP contribution in [0.3, 0.4) is 0 Å². The Kier molecular flexibility index (Phi) is 10.3. The summed E-state index contributed by atoms with van der Waals surface area (Å²) >= 11 is 0. The van der Waals surface area contributed by atoms with Gasteiger partial charge in [0.1, 0.15) is 0 Å². The van der Waals surface area contributed by atoms with Crippen molar-refractivity contribution < 1.29 is 141 Å². The van der Waals surface area contributed by atoms with Crippen LogP contribution in [0, 0.1) is 0 Å². The number of hydrogen-bond donors (Lipinski definition) is 0. The molecule has 0 atom stereocenters. The zero-order valence-corrected chi connectivity index (χ0v) is 20.2. The van der Waals surface area contributed by atoms with Gasteiger partial charge in [0.2, 0.25) is 0 Å². The number of alkyl halides is 30. The molecule has 0 spiro atoms. The first-order valence-electron chi connectivity index (χ1n) is 9.24. The lowest BCUT2D eigenvalue weighted by Gasteiger charge is -2.47. The van der Waals surface area contributed by atoms with Crippen LogP contribution in [0.5, 0.6) is 0 Å². The van der Waals surface area contributed by atoms with Crippen LogP contribution in [-0.2, 0) is 8.85 Å². The first-order chi connectivity index (χ1) is 19.2. The van der Waals surface area contributed by atoms with Crippen molar-refractivity contribution in [1.29, 1.82) is 0 Å². The fourth-order valence-electron chi connectivity index (χ4n) is 2.29. The molecule has 0 unspecified atom stereocenters. The average Bonchev–Trinajstić information content (AvgIpc) is 2.74. The molecule has 0 aromatic rings. The van der Waals surface area contributed by atoms with Crippen molar-refractivity contribution in [2.75, 3.05) is 0 Å². The smallest absolute Gasteiger partial charge is 0.318 e. The number of halogens is 30. The van der Waals surface area contributed by atoms with E-state index in [0.29, 0.717) is 0 Å². The van der Waals surface area contributed by atoms with Gasteiger partial charge in [0.05, 0.1) is 0 Å². The second kappa shape index (κ2) is 10.8. The predicted octanol–water partition coefficient (Wildman–Crippen LogP) is 9.42. The first-order valence-corrected chi connectivity index (χ1v) is 11.1. The van der Waals surface area contributed by atoms with Crippen LogP contribution in [0.1, 0.15) is 0 Å². The molecule has 46 heavy (non-hydrogen) atoms. The molecule has 0 heterocycles. The van der Waals surface area contributed by atoms with Gasteiger partial charge in [-0.1, -0.05) is 0 Å². The molecule has 0 bridgehead atoms. The fraction of sp³-hybridized carbons (Fsp3) is 1.00. The Balaban J connectivity index is 8.18. The molecule has 0 aromatic heterocycles. The molecule has 33 heteroatoms. The average molecular weight is 786 g/mol. The lowest BCUT2D eigenvalue weighted by atomic mass is 9.91. The minimum Gasteiger partial charge on any atom is -0.318 e. The molecule has 0 aliphatic carbocycles. The Labute approximate surface area is 228 Å². The van der Waals surface area contributed by atoms with Gasteiger partial charge in [-0.2, -0.15) is 132 Å². The standard InChI is InChI=1S/C13F30O2Si/c14-1(15,3(18,19)5(22,23)7(26,27)28)2(16,17)4(20,21)6(24,25)12(39,40)46(13(41,42)43,44-10(35,36)8(29,30)31)45-11(37,38)9(32,33)34. The zero-order chi connectivity index (χ0) is 38.4. The molecule has 2 nitrogen and oxygen atoms in total. The van der Waals surface area contributed by atoms with Gasteiger partial charge >= 0.3 is 86.2 Å². The van der Waals surface area contributed by atoms with Gasteiger partial charge in [0, 0.05) is 0 Å². The van der Waals surface area contributed by atoms with Gasteiger partial charge in [-0.25, -0.2) is 0 Å². The largest absolute Gasteiger partial charge is 0.547 e. The van der Waals surface area contributed by atoms with Crippen LogP contribution in [-0.4, -0.2) is 86.2 Å². The summed E-state index contributed by atoms with van der Waals surface area (Å²) in [5.41, 5.74) is -9.95. The van der Waals surface area contributed by atoms with Gasteiger partial charge in [-0.15, -0.1) is 0 Å². The molecule has 278 valence electrons. The summed E-state index contributed by atoms with van der Waals surface area (Å²) in [5, 5.41) is 0. The van der Waals surface area contributed by atoms with Crippen molar-refractivity contribution >= 4 is 8.56 Å². The van der Waals surface area contributed by atoms with Crippen molar-refractivity contribution in [3.05, 3.63) is 0 Å². The Morgan fingerprint density at radius 1 is 0.261 bits per heavy atom. The maximum Gasteiger partial charge on any atom is 0.547 e. The second-order valence-electron chi connectivity index (χ2n) is 7.87. The van der Waals surface area contributed by atoms with Gasteiger partial charge < -0.3 is 8.85 Å². The highest BCUT2D eigenvalue weighted by atomic mass is 28.4. The monoisotopic (exact) mass is 786 g/mol. The predicted molar refractivity (Wildman–Crippen MR) is 76.7 cm³/mol. The van der Waals surface area contributed by atoms with Crippen LogP contribution < -0.4 is 0 Å². The van der Waals surface area contributed by atoms with E-state index in [1.165, 1.54) is 0 Å². The van der Waals surface area contributed by atoms with Crippen LogP contribution in [0.2, 0.25) is 0 Å². The Bertz CT molecular complexity index is 1060. The first kappa shape index (κ1) is 44.0. The van der Waals surface area contributed by atoms with E-state index in [1.807, 2.05) is 0 Å². The normalized spacial score (nSPS) is 17.1. The molecule has 0 N–H and O–H groups in total. The van der Waals surface area contributed by atoms with E-state index >= 15 is 0 Å². The molecule has 0 saturated carbocycles. The lowest BCUT2D eigenvalue weighted by molar-refractivity contribution is -0.462. The summed E-state index contributed by atoms with van der Waals surface area (Å²) in [4.78, 5) is 0. The van der Waals surface area contributed by atoms with Crippen molar-refractivity contribution in [2.45, 2.75) is 77.6 Å². The number of rotatable bonds is 11. The summed E-state index contributed by atoms with van der Waals surface area (Å²) in [5.74, 6) is -67.0. The zero-order valence-electron chi connectivity index (χ0n) is 19.2. The Morgan fingerprint density at radius 3 is 0.674 bits per heavy atom. The third-order valence-electron chi connectivity index (χ3n) is 4.71. The molecule has 0 aliphatic rings. The summed E-state index contributed by atoms with van der Waals surface area (Å²) in [6, 6.07) is 0. The summed E-state index contributed by atoms with van der Waals surface area (Å²) in [6.45, 7) is 0. The van der Waals surface area contributed by atoms with Gasteiger partial charge in [0.25, 0.3) is 0 Å². The van der Waals surface area contributed by atoms with E-state index < -0.39 is 86.2 Å². The molecular formula is C13F30O2Si. The fourth-order valence-corrected chi connectivity index (χ4v) is 4.70. The van der Waals surface area contributed by atoms with E-state index in [9.17, 15) is 132 Å². The maximum absolute atomic E-state index is 14.4. The molecule has 0 saturated heterocycles. The maximum atomic E-state index is 14.4. The van der Waals surface area contributed by atoms with E-state index in [4.69, 9.17) is 0 Å². The van der Waals surface area contributed by atoms with Crippen molar-refractivity contribution in [2.24, 2.45) is 0 Å². The second-order valence-corrected chi connectivity index (χ2v) is 10.7. The summed E-state index contributed by atoms with van der Waals surface area (Å²) < 4.78 is 395. The third kappa shape index (κ3) is 5.95. The molecular weight excluding hydrogens is 786 g/mol. The summed E-state index contributed by atoms with van der Waals surface area (Å²) in [7, 11) is -11.8. The van der Waals surface area contributed by atoms with Crippen molar-refractivity contribution in [3.8, 4) is 0 Å². The van der Waals surface area contributed by atoms with Crippen LogP contribution in [0.25, 0.3) is 0 Å². The Morgan fingerprint density at radius 2 is 0.478 bits per heavy atom. The topological polar surface area (TPSA) is 18.5 Å². The van der Waals surface area contributed by atoms with Crippen LogP contribution in [0.4, 0.5) is 132 Å². The van der Waals surface area contributed by atoms with Crippen LogP contribution >= 0.6 is 0 Å². The Hall–Kier alpha value is -1.96. The minimum absolute atomic E-state index is 0.937. The van der Waals surface area contributed by atoms with E-state index in [0.717, 1.165) is 8.85 Å². The van der Waals surface area contributed by atoms with Gasteiger partial charge in [0.15, 0.2) is 0 Å². The molecule has 0 rings (SSSR count). The van der Waals surface area contributed by atoms with Crippen LogP contribution in [0.15, 0.2) is 0 Å². The number of hydrogen-bond acceptors (Lipinski definition) is 2. The molecule has 0 aromatic carbocycles. The van der Waals surface area contributed by atoms with Crippen molar-refractivity contribution in [3.63, 3.8) is 0 Å². The highest BCUT2D eigenvalue weighted by molar-refractivity contribution is 6.72. The SMILES string of the molecule is FC(F)(F)C(F)(F)O[Si](OC(F)(F)C(F)(F)F)(C(F)(F)F)C(F)(F)C(F)(F)C(F)(F)C(F)(F)C(F)(F)C(F)(F)C(F)(F)C(F)(F)F. The highest BCUT2D eigenvalue weighted by Crippen LogP contribution is 2.66. The van der Waals surface area contributed by atoms with E-state index in [1.54, 1.807) is 0 Å². The van der Waals surface area contributed by atoms with Crippen molar-refractivity contribution in [1.82, 2.24) is 0 Å². The molecule has 0 radical (unpaired) electrons.